The summed E-state index contributed by atoms with van der Waals surface area (Å²) in [5, 5.41) is 0. The molecule has 1 saturated heterocycles. The van der Waals surface area contributed by atoms with Gasteiger partial charge in [-0.05, 0) is 30.0 Å². The normalized spacial score (nSPS) is 20.9. The number of hydrogen-bond donors (Lipinski definition) is 0. The van der Waals surface area contributed by atoms with Gasteiger partial charge in [0.15, 0.2) is 0 Å². The molecule has 1 aromatic heterocycles. The molecule has 0 unspecified atom stereocenters. The number of rotatable bonds is 6. The van der Waals surface area contributed by atoms with Crippen molar-refractivity contribution in [1.29, 1.82) is 0 Å². The summed E-state index contributed by atoms with van der Waals surface area (Å²) in [4.78, 5) is 6.57. The summed E-state index contributed by atoms with van der Waals surface area (Å²) in [6.45, 7) is 8.59. The summed E-state index contributed by atoms with van der Waals surface area (Å²) in [6.07, 6.45) is 7.96. The Morgan fingerprint density at radius 3 is 2.89 bits per heavy atom. The summed E-state index contributed by atoms with van der Waals surface area (Å²) < 4.78 is 5.87. The third kappa shape index (κ3) is 5.29. The van der Waals surface area contributed by atoms with E-state index in [0.29, 0.717) is 6.10 Å². The lowest BCUT2D eigenvalue weighted by molar-refractivity contribution is -0.0360. The maximum absolute atomic E-state index is 5.87. The van der Waals surface area contributed by atoms with Crippen LogP contribution < -0.4 is 0 Å². The Morgan fingerprint density at radius 2 is 2.16 bits per heavy atom. The van der Waals surface area contributed by atoms with Crippen LogP contribution in [0.1, 0.15) is 38.7 Å². The SMILES string of the molecule is CC(C)CCC[C@H]1CN(Cc2ccncc2)CCO1. The van der Waals surface area contributed by atoms with E-state index in [1.165, 1.54) is 24.8 Å². The van der Waals surface area contributed by atoms with Crippen molar-refractivity contribution in [1.82, 2.24) is 9.88 Å². The van der Waals surface area contributed by atoms with Crippen molar-refractivity contribution in [2.45, 2.75) is 45.8 Å². The second-order valence-corrected chi connectivity index (χ2v) is 5.91. The molecule has 3 heteroatoms. The van der Waals surface area contributed by atoms with E-state index < -0.39 is 0 Å². The molecule has 3 nitrogen and oxygen atoms in total. The summed E-state index contributed by atoms with van der Waals surface area (Å²) >= 11 is 0. The van der Waals surface area contributed by atoms with Gasteiger partial charge in [-0.1, -0.05) is 26.7 Å². The van der Waals surface area contributed by atoms with Crippen molar-refractivity contribution in [2.75, 3.05) is 19.7 Å². The molecule has 2 heterocycles. The van der Waals surface area contributed by atoms with Crippen molar-refractivity contribution in [3.63, 3.8) is 0 Å². The Balaban J connectivity index is 1.74. The van der Waals surface area contributed by atoms with Crippen LogP contribution in [0, 0.1) is 5.92 Å². The molecule has 0 aliphatic carbocycles. The van der Waals surface area contributed by atoms with Crippen LogP contribution in [0.25, 0.3) is 0 Å². The minimum atomic E-state index is 0.425. The fourth-order valence-corrected chi connectivity index (χ4v) is 2.60. The quantitative estimate of drug-likeness (QED) is 0.787. The highest BCUT2D eigenvalue weighted by atomic mass is 16.5. The maximum Gasteiger partial charge on any atom is 0.0702 e. The summed E-state index contributed by atoms with van der Waals surface area (Å²) in [7, 11) is 0. The van der Waals surface area contributed by atoms with E-state index in [0.717, 1.165) is 32.2 Å². The van der Waals surface area contributed by atoms with Crippen LogP contribution >= 0.6 is 0 Å². The first-order valence-electron chi connectivity index (χ1n) is 7.47. The molecule has 0 radical (unpaired) electrons. The molecule has 1 aliphatic heterocycles. The van der Waals surface area contributed by atoms with Crippen LogP contribution in [-0.4, -0.2) is 35.7 Å². The highest BCUT2D eigenvalue weighted by Crippen LogP contribution is 2.16. The van der Waals surface area contributed by atoms with E-state index in [1.807, 2.05) is 12.4 Å². The molecular formula is C16H26N2O. The standard InChI is InChI=1S/C16H26N2O/c1-14(2)4-3-5-16-13-18(10-11-19-16)12-15-6-8-17-9-7-15/h6-9,14,16H,3-5,10-13H2,1-2H3/t16-/m0/s1. The van der Waals surface area contributed by atoms with E-state index in [1.54, 1.807) is 0 Å². The number of hydrogen-bond acceptors (Lipinski definition) is 3. The summed E-state index contributed by atoms with van der Waals surface area (Å²) in [5.41, 5.74) is 1.35. The highest BCUT2D eigenvalue weighted by Gasteiger charge is 2.20. The lowest BCUT2D eigenvalue weighted by Crippen LogP contribution is -2.41. The Labute approximate surface area is 117 Å². The molecule has 0 N–H and O–H groups in total. The predicted molar refractivity (Wildman–Crippen MR) is 77.9 cm³/mol. The molecule has 19 heavy (non-hydrogen) atoms. The molecule has 0 saturated carbocycles. The number of ether oxygens (including phenoxy) is 1. The molecule has 2 rings (SSSR count). The van der Waals surface area contributed by atoms with Gasteiger partial charge in [0, 0.05) is 32.0 Å². The average Bonchev–Trinajstić information content (AvgIpc) is 2.40. The zero-order valence-electron chi connectivity index (χ0n) is 12.2. The third-order valence-electron chi connectivity index (χ3n) is 3.69. The van der Waals surface area contributed by atoms with E-state index in [2.05, 4.69) is 35.9 Å². The molecule has 1 atom stereocenters. The van der Waals surface area contributed by atoms with Crippen molar-refractivity contribution >= 4 is 0 Å². The molecule has 0 bridgehead atoms. The fraction of sp³-hybridized carbons (Fsp3) is 0.688. The van der Waals surface area contributed by atoms with E-state index >= 15 is 0 Å². The number of pyridine rings is 1. The minimum absolute atomic E-state index is 0.425. The Hall–Kier alpha value is -0.930. The van der Waals surface area contributed by atoms with Gasteiger partial charge in [-0.3, -0.25) is 9.88 Å². The van der Waals surface area contributed by atoms with Gasteiger partial charge in [-0.25, -0.2) is 0 Å². The third-order valence-corrected chi connectivity index (χ3v) is 3.69. The number of aromatic nitrogens is 1. The molecule has 106 valence electrons. The van der Waals surface area contributed by atoms with Crippen molar-refractivity contribution in [2.24, 2.45) is 5.92 Å². The molecule has 1 aliphatic rings. The van der Waals surface area contributed by atoms with Gasteiger partial charge in [0.1, 0.15) is 0 Å². The highest BCUT2D eigenvalue weighted by molar-refractivity contribution is 5.09. The topological polar surface area (TPSA) is 25.4 Å². The minimum Gasteiger partial charge on any atom is -0.376 e. The number of morpholine rings is 1. The smallest absolute Gasteiger partial charge is 0.0702 e. The van der Waals surface area contributed by atoms with Crippen LogP contribution in [0.3, 0.4) is 0 Å². The average molecular weight is 262 g/mol. The van der Waals surface area contributed by atoms with Gasteiger partial charge in [-0.15, -0.1) is 0 Å². The molecular weight excluding hydrogens is 236 g/mol. The molecule has 0 amide bonds. The molecule has 1 fully saturated rings. The largest absolute Gasteiger partial charge is 0.376 e. The monoisotopic (exact) mass is 262 g/mol. The first kappa shape index (κ1) is 14.5. The molecule has 0 aromatic carbocycles. The van der Waals surface area contributed by atoms with Gasteiger partial charge in [0.25, 0.3) is 0 Å². The lowest BCUT2D eigenvalue weighted by Gasteiger charge is -2.33. The van der Waals surface area contributed by atoms with Gasteiger partial charge in [0.2, 0.25) is 0 Å². The zero-order valence-corrected chi connectivity index (χ0v) is 12.2. The predicted octanol–water partition coefficient (Wildman–Crippen LogP) is 3.11. The maximum atomic E-state index is 5.87. The molecule has 1 aromatic rings. The van der Waals surface area contributed by atoms with Crippen molar-refractivity contribution in [3.8, 4) is 0 Å². The first-order valence-corrected chi connectivity index (χ1v) is 7.47. The van der Waals surface area contributed by atoms with Gasteiger partial charge >= 0.3 is 0 Å². The van der Waals surface area contributed by atoms with Crippen LogP contribution in [-0.2, 0) is 11.3 Å². The van der Waals surface area contributed by atoms with Crippen molar-refractivity contribution in [3.05, 3.63) is 30.1 Å². The lowest BCUT2D eigenvalue weighted by atomic mass is 10.0. The fourth-order valence-electron chi connectivity index (χ4n) is 2.60. The van der Waals surface area contributed by atoms with Gasteiger partial charge in [-0.2, -0.15) is 0 Å². The van der Waals surface area contributed by atoms with E-state index in [-0.39, 0.29) is 0 Å². The Bertz CT molecular complexity index is 353. The summed E-state index contributed by atoms with van der Waals surface area (Å²) in [5.74, 6) is 0.802. The van der Waals surface area contributed by atoms with Gasteiger partial charge in [0.05, 0.1) is 12.7 Å². The first-order chi connectivity index (χ1) is 9.24. The second kappa shape index (κ2) is 7.61. The molecule has 0 spiro atoms. The van der Waals surface area contributed by atoms with Crippen LogP contribution in [0.15, 0.2) is 24.5 Å². The van der Waals surface area contributed by atoms with Gasteiger partial charge < -0.3 is 4.74 Å². The Kier molecular flexibility index (Phi) is 5.80. The van der Waals surface area contributed by atoms with E-state index in [4.69, 9.17) is 4.74 Å². The van der Waals surface area contributed by atoms with Crippen LogP contribution in [0.5, 0.6) is 0 Å². The number of nitrogens with zero attached hydrogens (tertiary/aromatic N) is 2. The van der Waals surface area contributed by atoms with Crippen LogP contribution in [0.4, 0.5) is 0 Å². The van der Waals surface area contributed by atoms with E-state index in [9.17, 15) is 0 Å². The summed E-state index contributed by atoms with van der Waals surface area (Å²) in [6, 6.07) is 4.20. The Morgan fingerprint density at radius 1 is 1.37 bits per heavy atom. The second-order valence-electron chi connectivity index (χ2n) is 5.91. The van der Waals surface area contributed by atoms with Crippen LogP contribution in [0.2, 0.25) is 0 Å². The zero-order chi connectivity index (χ0) is 13.5. The van der Waals surface area contributed by atoms with Crippen molar-refractivity contribution < 1.29 is 4.74 Å².